The minimum Gasteiger partial charge on any atom is -0.493 e. The molecule has 1 aliphatic rings. The van der Waals surface area contributed by atoms with Crippen LogP contribution in [0.4, 0.5) is 9.18 Å². The van der Waals surface area contributed by atoms with E-state index in [0.717, 1.165) is 4.90 Å². The lowest BCUT2D eigenvalue weighted by atomic mass is 10.1. The first-order valence-corrected chi connectivity index (χ1v) is 8.90. The van der Waals surface area contributed by atoms with Crippen molar-refractivity contribution in [2.45, 2.75) is 13.5 Å². The van der Waals surface area contributed by atoms with Gasteiger partial charge in [0, 0.05) is 11.6 Å². The summed E-state index contributed by atoms with van der Waals surface area (Å²) in [7, 11) is 1.49. The first-order chi connectivity index (χ1) is 13.4. The highest BCUT2D eigenvalue weighted by Gasteiger charge is 2.34. The summed E-state index contributed by atoms with van der Waals surface area (Å²) in [5.74, 6) is -0.142. The largest absolute Gasteiger partial charge is 0.493 e. The van der Waals surface area contributed by atoms with Gasteiger partial charge in [0.05, 0.1) is 25.3 Å². The van der Waals surface area contributed by atoms with Gasteiger partial charge in [0.2, 0.25) is 0 Å². The normalized spacial score (nSPS) is 15.1. The Balaban J connectivity index is 1.89. The molecular formula is C20H18ClFN2O4. The van der Waals surface area contributed by atoms with Crippen molar-refractivity contribution in [2.75, 3.05) is 13.7 Å². The van der Waals surface area contributed by atoms with Crippen LogP contribution < -0.4 is 14.8 Å². The van der Waals surface area contributed by atoms with Gasteiger partial charge in [0.25, 0.3) is 5.91 Å². The van der Waals surface area contributed by atoms with Crippen LogP contribution in [0.15, 0.2) is 42.1 Å². The van der Waals surface area contributed by atoms with Gasteiger partial charge in [-0.2, -0.15) is 0 Å². The molecule has 1 N–H and O–H groups in total. The highest BCUT2D eigenvalue weighted by Crippen LogP contribution is 2.34. The number of rotatable bonds is 6. The highest BCUT2D eigenvalue weighted by atomic mass is 35.5. The van der Waals surface area contributed by atoms with Crippen LogP contribution in [0.25, 0.3) is 6.08 Å². The minimum atomic E-state index is -0.630. The lowest BCUT2D eigenvalue weighted by Gasteiger charge is -2.12. The molecule has 1 aliphatic heterocycles. The Labute approximate surface area is 166 Å². The Morgan fingerprint density at radius 1 is 1.21 bits per heavy atom. The van der Waals surface area contributed by atoms with Gasteiger partial charge in [-0.1, -0.05) is 29.8 Å². The van der Waals surface area contributed by atoms with E-state index in [2.05, 4.69) is 5.32 Å². The summed E-state index contributed by atoms with van der Waals surface area (Å²) in [6.45, 7) is 2.07. The first-order valence-electron chi connectivity index (χ1n) is 8.52. The van der Waals surface area contributed by atoms with E-state index in [1.54, 1.807) is 18.2 Å². The third-order valence-electron chi connectivity index (χ3n) is 4.13. The Hall–Kier alpha value is -3.06. The molecule has 0 radical (unpaired) electrons. The van der Waals surface area contributed by atoms with Crippen molar-refractivity contribution in [3.8, 4) is 11.5 Å². The molecule has 2 aromatic rings. The Morgan fingerprint density at radius 2 is 1.96 bits per heavy atom. The van der Waals surface area contributed by atoms with E-state index in [-0.39, 0.29) is 17.8 Å². The number of ether oxygens (including phenoxy) is 2. The van der Waals surface area contributed by atoms with Crippen LogP contribution in [-0.4, -0.2) is 30.6 Å². The van der Waals surface area contributed by atoms with E-state index in [1.165, 1.54) is 31.4 Å². The van der Waals surface area contributed by atoms with Gasteiger partial charge in [-0.25, -0.2) is 9.18 Å². The van der Waals surface area contributed by atoms with Crippen molar-refractivity contribution in [1.29, 1.82) is 0 Å². The maximum atomic E-state index is 13.9. The molecule has 0 aliphatic carbocycles. The van der Waals surface area contributed by atoms with Gasteiger partial charge in [-0.15, -0.1) is 0 Å². The molecule has 1 saturated heterocycles. The smallest absolute Gasteiger partial charge is 0.329 e. The van der Waals surface area contributed by atoms with E-state index in [0.29, 0.717) is 28.7 Å². The number of nitrogens with one attached hydrogen (secondary N) is 1. The van der Waals surface area contributed by atoms with Gasteiger partial charge in [-0.3, -0.25) is 9.69 Å². The number of urea groups is 1. The van der Waals surface area contributed by atoms with Gasteiger partial charge in [0.15, 0.2) is 11.5 Å². The van der Waals surface area contributed by atoms with E-state index in [4.69, 9.17) is 21.1 Å². The van der Waals surface area contributed by atoms with Crippen LogP contribution in [0.1, 0.15) is 18.1 Å². The number of carbonyl (C=O) groups is 2. The maximum absolute atomic E-state index is 13.9. The summed E-state index contributed by atoms with van der Waals surface area (Å²) in [5.41, 5.74) is 0.756. The molecule has 3 rings (SSSR count). The monoisotopic (exact) mass is 404 g/mol. The molecule has 0 bridgehead atoms. The molecule has 8 heteroatoms. The molecular weight excluding hydrogens is 387 g/mol. The number of hydrogen-bond acceptors (Lipinski definition) is 4. The summed E-state index contributed by atoms with van der Waals surface area (Å²) >= 11 is 6.26. The predicted octanol–water partition coefficient (Wildman–Crippen LogP) is 3.98. The number of nitrogens with zero attached hydrogens (tertiary/aromatic N) is 1. The summed E-state index contributed by atoms with van der Waals surface area (Å²) in [5, 5.41) is 2.82. The number of benzene rings is 2. The fourth-order valence-corrected chi connectivity index (χ4v) is 2.97. The van der Waals surface area contributed by atoms with Crippen LogP contribution in [-0.2, 0) is 11.3 Å². The van der Waals surface area contributed by atoms with Crippen LogP contribution in [0.3, 0.4) is 0 Å². The second-order valence-electron chi connectivity index (χ2n) is 5.93. The van der Waals surface area contributed by atoms with Crippen molar-refractivity contribution >= 4 is 29.6 Å². The quantitative estimate of drug-likeness (QED) is 0.584. The molecule has 0 unspecified atom stereocenters. The Morgan fingerprint density at radius 3 is 2.64 bits per heavy atom. The Bertz CT molecular complexity index is 961. The third-order valence-corrected chi connectivity index (χ3v) is 4.46. The molecule has 0 saturated carbocycles. The number of methoxy groups -OCH3 is 1. The summed E-state index contributed by atoms with van der Waals surface area (Å²) < 4.78 is 24.6. The average Bonchev–Trinajstić information content (AvgIpc) is 2.93. The molecule has 0 spiro atoms. The van der Waals surface area contributed by atoms with Crippen LogP contribution in [0.5, 0.6) is 11.5 Å². The lowest BCUT2D eigenvalue weighted by molar-refractivity contribution is -0.123. The van der Waals surface area contributed by atoms with E-state index in [1.807, 2.05) is 6.92 Å². The summed E-state index contributed by atoms with van der Waals surface area (Å²) in [6, 6.07) is 8.53. The third kappa shape index (κ3) is 3.94. The average molecular weight is 405 g/mol. The molecule has 1 fully saturated rings. The van der Waals surface area contributed by atoms with Crippen LogP contribution in [0, 0.1) is 5.82 Å². The van der Waals surface area contributed by atoms with E-state index < -0.39 is 17.8 Å². The Kier molecular flexibility index (Phi) is 5.84. The number of halogens is 2. The number of imide groups is 1. The van der Waals surface area contributed by atoms with Gasteiger partial charge in [-0.05, 0) is 30.7 Å². The number of carbonyl (C=O) groups excluding carboxylic acids is 2. The second kappa shape index (κ2) is 8.31. The first kappa shape index (κ1) is 19.7. The fraction of sp³-hybridized carbons (Fsp3) is 0.200. The molecule has 0 aromatic heterocycles. The molecule has 28 heavy (non-hydrogen) atoms. The van der Waals surface area contributed by atoms with Crippen molar-refractivity contribution in [3.05, 3.63) is 64.1 Å². The molecule has 3 amide bonds. The summed E-state index contributed by atoms with van der Waals surface area (Å²) in [4.78, 5) is 25.8. The topological polar surface area (TPSA) is 67.9 Å². The highest BCUT2D eigenvalue weighted by molar-refractivity contribution is 6.32. The van der Waals surface area contributed by atoms with Gasteiger partial charge < -0.3 is 14.8 Å². The predicted molar refractivity (Wildman–Crippen MR) is 103 cm³/mol. The second-order valence-corrected chi connectivity index (χ2v) is 6.34. The molecule has 146 valence electrons. The van der Waals surface area contributed by atoms with Crippen molar-refractivity contribution in [2.24, 2.45) is 0 Å². The van der Waals surface area contributed by atoms with E-state index >= 15 is 0 Å². The maximum Gasteiger partial charge on any atom is 0.329 e. The van der Waals surface area contributed by atoms with Gasteiger partial charge >= 0.3 is 6.03 Å². The zero-order valence-electron chi connectivity index (χ0n) is 15.3. The van der Waals surface area contributed by atoms with Crippen molar-refractivity contribution in [1.82, 2.24) is 10.2 Å². The molecule has 6 nitrogen and oxygen atoms in total. The van der Waals surface area contributed by atoms with E-state index in [9.17, 15) is 14.0 Å². The number of amides is 3. The van der Waals surface area contributed by atoms with Crippen LogP contribution >= 0.6 is 11.6 Å². The molecule has 0 atom stereocenters. The standard InChI is InChI=1S/C20H18ClFN2O4/c1-3-28-18-9-13(14(21)10-17(18)27-2)8-16-19(25)24(20(26)23-16)11-12-6-4-5-7-15(12)22/h4-10H,3,11H2,1-2H3,(H,23,26)/b16-8+. The van der Waals surface area contributed by atoms with Gasteiger partial charge in [0.1, 0.15) is 11.5 Å². The SMILES string of the molecule is CCOc1cc(/C=C2/NC(=O)N(Cc3ccccc3F)C2=O)c(Cl)cc1OC. The minimum absolute atomic E-state index is 0.0378. The molecule has 1 heterocycles. The lowest BCUT2D eigenvalue weighted by Crippen LogP contribution is -2.30. The zero-order chi connectivity index (χ0) is 20.3. The van der Waals surface area contributed by atoms with Crippen molar-refractivity contribution < 1.29 is 23.5 Å². The van der Waals surface area contributed by atoms with Crippen LogP contribution in [0.2, 0.25) is 5.02 Å². The number of hydrogen-bond donors (Lipinski definition) is 1. The zero-order valence-corrected chi connectivity index (χ0v) is 16.0. The molecule has 2 aromatic carbocycles. The summed E-state index contributed by atoms with van der Waals surface area (Å²) in [6.07, 6.45) is 1.45. The fourth-order valence-electron chi connectivity index (χ4n) is 2.76. The van der Waals surface area contributed by atoms with Crippen molar-refractivity contribution in [3.63, 3.8) is 0 Å².